The van der Waals surface area contributed by atoms with Gasteiger partial charge in [-0.1, -0.05) is 13.8 Å². The van der Waals surface area contributed by atoms with Crippen LogP contribution in [0, 0.1) is 11.8 Å². The Hall–Kier alpha value is -0.660. The molecule has 23 heavy (non-hydrogen) atoms. The fourth-order valence-corrected chi connectivity index (χ4v) is 6.48. The summed E-state index contributed by atoms with van der Waals surface area (Å²) in [5.74, 6) is 0.546. The van der Waals surface area contributed by atoms with E-state index in [9.17, 15) is 13.2 Å². The van der Waals surface area contributed by atoms with Gasteiger partial charge >= 0.3 is 0 Å². The Labute approximate surface area is 139 Å². The minimum atomic E-state index is -3.21. The monoisotopic (exact) mass is 344 g/mol. The highest BCUT2D eigenvalue weighted by Crippen LogP contribution is 2.35. The third-order valence-corrected chi connectivity index (χ3v) is 7.65. The number of carbonyl (C=O) groups is 1. The molecule has 1 amide bonds. The van der Waals surface area contributed by atoms with Gasteiger partial charge in [0.1, 0.15) is 6.10 Å². The number of sulfonamides is 1. The van der Waals surface area contributed by atoms with Crippen molar-refractivity contribution in [2.24, 2.45) is 11.8 Å². The van der Waals surface area contributed by atoms with Crippen molar-refractivity contribution in [3.8, 4) is 0 Å². The Morgan fingerprint density at radius 1 is 1.22 bits per heavy atom. The van der Waals surface area contributed by atoms with Gasteiger partial charge in [-0.25, -0.2) is 12.7 Å². The molecule has 0 aromatic heterocycles. The Morgan fingerprint density at radius 2 is 1.96 bits per heavy atom. The van der Waals surface area contributed by atoms with Crippen LogP contribution in [0.5, 0.6) is 0 Å². The van der Waals surface area contributed by atoms with E-state index in [-0.39, 0.29) is 23.2 Å². The molecule has 0 saturated carbocycles. The minimum absolute atomic E-state index is 0.0545. The molecule has 3 aliphatic heterocycles. The van der Waals surface area contributed by atoms with Crippen molar-refractivity contribution in [1.29, 1.82) is 0 Å². The summed E-state index contributed by atoms with van der Waals surface area (Å²) in [6, 6.07) is 0. The van der Waals surface area contributed by atoms with Gasteiger partial charge in [0.15, 0.2) is 0 Å². The van der Waals surface area contributed by atoms with Crippen LogP contribution in [-0.4, -0.2) is 67.7 Å². The third-order valence-electron chi connectivity index (χ3n) is 5.25. The van der Waals surface area contributed by atoms with E-state index >= 15 is 0 Å². The topological polar surface area (TPSA) is 66.9 Å². The summed E-state index contributed by atoms with van der Waals surface area (Å²) in [4.78, 5) is 14.3. The Balaban J connectivity index is 1.66. The molecule has 3 fully saturated rings. The summed E-state index contributed by atoms with van der Waals surface area (Å²) in [7, 11) is -3.21. The van der Waals surface area contributed by atoms with Crippen LogP contribution in [-0.2, 0) is 19.6 Å². The molecule has 0 unspecified atom stereocenters. The summed E-state index contributed by atoms with van der Waals surface area (Å²) >= 11 is 0. The van der Waals surface area contributed by atoms with Crippen molar-refractivity contribution < 1.29 is 17.9 Å². The molecule has 3 aliphatic rings. The second-order valence-corrected chi connectivity index (χ2v) is 9.61. The zero-order chi connectivity index (χ0) is 16.6. The summed E-state index contributed by atoms with van der Waals surface area (Å²) < 4.78 is 32.7. The van der Waals surface area contributed by atoms with Crippen LogP contribution in [0.2, 0.25) is 0 Å². The molecule has 0 N–H and O–H groups in total. The number of hydrogen-bond acceptors (Lipinski definition) is 4. The predicted octanol–water partition coefficient (Wildman–Crippen LogP) is 1.07. The second-order valence-electron chi connectivity index (χ2n) is 7.46. The van der Waals surface area contributed by atoms with Gasteiger partial charge < -0.3 is 9.64 Å². The van der Waals surface area contributed by atoms with Gasteiger partial charge in [0.2, 0.25) is 10.0 Å². The molecule has 0 radical (unpaired) electrons. The fourth-order valence-electron chi connectivity index (χ4n) is 4.08. The molecule has 0 aromatic rings. The van der Waals surface area contributed by atoms with Gasteiger partial charge in [0.25, 0.3) is 5.91 Å². The fraction of sp³-hybridized carbons (Fsp3) is 0.938. The number of likely N-dealkylation sites (tertiary alicyclic amines) is 1. The first-order chi connectivity index (χ1) is 10.9. The van der Waals surface area contributed by atoms with Crippen molar-refractivity contribution in [1.82, 2.24) is 9.21 Å². The Morgan fingerprint density at radius 3 is 2.61 bits per heavy atom. The third kappa shape index (κ3) is 3.42. The van der Waals surface area contributed by atoms with Gasteiger partial charge in [-0.15, -0.1) is 0 Å². The molecule has 0 aromatic carbocycles. The normalized spacial score (nSPS) is 34.6. The van der Waals surface area contributed by atoms with Gasteiger partial charge in [-0.05, 0) is 37.5 Å². The lowest BCUT2D eigenvalue weighted by Gasteiger charge is -2.24. The highest BCUT2D eigenvalue weighted by Gasteiger charge is 2.47. The minimum Gasteiger partial charge on any atom is -0.368 e. The molecule has 132 valence electrons. The molecule has 0 spiro atoms. The van der Waals surface area contributed by atoms with E-state index in [0.29, 0.717) is 45.1 Å². The maximum absolute atomic E-state index is 12.7. The van der Waals surface area contributed by atoms with E-state index in [1.54, 1.807) is 4.31 Å². The van der Waals surface area contributed by atoms with Crippen LogP contribution in [0.15, 0.2) is 0 Å². The van der Waals surface area contributed by atoms with Gasteiger partial charge in [0, 0.05) is 32.8 Å². The molecule has 3 atom stereocenters. The zero-order valence-corrected chi connectivity index (χ0v) is 14.9. The quantitative estimate of drug-likeness (QED) is 0.768. The summed E-state index contributed by atoms with van der Waals surface area (Å²) in [5.41, 5.74) is 0. The van der Waals surface area contributed by atoms with E-state index < -0.39 is 10.0 Å². The van der Waals surface area contributed by atoms with Gasteiger partial charge in [-0.2, -0.15) is 0 Å². The number of rotatable bonds is 3. The summed E-state index contributed by atoms with van der Waals surface area (Å²) in [6.45, 7) is 7.17. The molecule has 0 aliphatic carbocycles. The molecular weight excluding hydrogens is 316 g/mol. The lowest BCUT2D eigenvalue weighted by Crippen LogP contribution is -2.40. The second kappa shape index (κ2) is 6.69. The smallest absolute Gasteiger partial charge is 0.251 e. The Bertz CT molecular complexity index is 542. The van der Waals surface area contributed by atoms with E-state index in [0.717, 1.165) is 19.3 Å². The van der Waals surface area contributed by atoms with Crippen LogP contribution >= 0.6 is 0 Å². The number of ether oxygens (including phenoxy) is 1. The largest absolute Gasteiger partial charge is 0.368 e. The number of carbonyl (C=O) groups excluding carboxylic acids is 1. The van der Waals surface area contributed by atoms with Crippen LogP contribution in [0.25, 0.3) is 0 Å². The molecule has 7 heteroatoms. The number of nitrogens with zero attached hydrogens (tertiary/aromatic N) is 2. The number of fused-ring (bicyclic) bond motifs is 1. The van der Waals surface area contributed by atoms with Crippen molar-refractivity contribution in [2.75, 3.05) is 32.8 Å². The average molecular weight is 344 g/mol. The number of amides is 1. The van der Waals surface area contributed by atoms with Crippen LogP contribution in [0.1, 0.15) is 39.5 Å². The van der Waals surface area contributed by atoms with E-state index in [2.05, 4.69) is 0 Å². The first-order valence-electron chi connectivity index (χ1n) is 8.79. The van der Waals surface area contributed by atoms with Crippen LogP contribution < -0.4 is 0 Å². The maximum Gasteiger partial charge on any atom is 0.251 e. The van der Waals surface area contributed by atoms with E-state index in [1.165, 1.54) is 0 Å². The number of hydrogen-bond donors (Lipinski definition) is 0. The average Bonchev–Trinajstić information content (AvgIpc) is 3.01. The lowest BCUT2D eigenvalue weighted by atomic mass is 10.0. The highest BCUT2D eigenvalue weighted by atomic mass is 32.2. The standard InChI is InChI=1S/C16H28N2O4S/c1-12(2)10-18-11-13-5-7-17(8-6-15(13)23(18,20)21)16(19)14-4-3-9-22-14/h12-15H,3-11H2,1-2H3/t13-,14-,15-/m1/s1. The molecule has 0 bridgehead atoms. The van der Waals surface area contributed by atoms with Crippen LogP contribution in [0.4, 0.5) is 0 Å². The van der Waals surface area contributed by atoms with Crippen molar-refractivity contribution in [2.45, 2.75) is 50.9 Å². The molecular formula is C16H28N2O4S. The summed E-state index contributed by atoms with van der Waals surface area (Å²) in [6.07, 6.45) is 2.76. The molecule has 3 saturated heterocycles. The summed E-state index contributed by atoms with van der Waals surface area (Å²) in [5, 5.41) is -0.316. The molecule has 3 heterocycles. The first kappa shape index (κ1) is 17.2. The maximum atomic E-state index is 12.7. The first-order valence-corrected chi connectivity index (χ1v) is 10.3. The van der Waals surface area contributed by atoms with E-state index in [4.69, 9.17) is 4.74 Å². The highest BCUT2D eigenvalue weighted by molar-refractivity contribution is 7.90. The van der Waals surface area contributed by atoms with Gasteiger partial charge in [-0.3, -0.25) is 4.79 Å². The predicted molar refractivity (Wildman–Crippen MR) is 87.4 cm³/mol. The van der Waals surface area contributed by atoms with E-state index in [1.807, 2.05) is 18.7 Å². The molecule has 3 rings (SSSR count). The van der Waals surface area contributed by atoms with Crippen molar-refractivity contribution >= 4 is 15.9 Å². The Kier molecular flexibility index (Phi) is 4.99. The van der Waals surface area contributed by atoms with Gasteiger partial charge in [0.05, 0.1) is 5.25 Å². The van der Waals surface area contributed by atoms with Crippen molar-refractivity contribution in [3.63, 3.8) is 0 Å². The molecule has 6 nitrogen and oxygen atoms in total. The van der Waals surface area contributed by atoms with Crippen molar-refractivity contribution in [3.05, 3.63) is 0 Å². The SMILES string of the molecule is CC(C)CN1C[C@H]2CCN(C(=O)[C@H]3CCCO3)CC[C@H]2S1(=O)=O. The zero-order valence-electron chi connectivity index (χ0n) is 14.1. The van der Waals surface area contributed by atoms with Crippen LogP contribution in [0.3, 0.4) is 0 Å². The lowest BCUT2D eigenvalue weighted by molar-refractivity contribution is -0.140.